The fourth-order valence-electron chi connectivity index (χ4n) is 8.02. The molecule has 1 aromatic heterocycles. The predicted octanol–water partition coefficient (Wildman–Crippen LogP) is 5.77. The molecule has 2 saturated heterocycles. The molecule has 4 heterocycles. The van der Waals surface area contributed by atoms with Crippen molar-refractivity contribution in [2.24, 2.45) is 0 Å². The number of carbonyl (C=O) groups is 2. The molecular weight excluding hydrogens is 502 g/mol. The number of amides is 1. The van der Waals surface area contributed by atoms with Crippen molar-refractivity contribution in [3.63, 3.8) is 0 Å². The Hall–Kier alpha value is -3.58. The maximum absolute atomic E-state index is 14.4. The molecule has 0 atom stereocenters. The number of rotatable bonds is 4. The molecule has 1 aliphatic carbocycles. The molecule has 0 bridgehead atoms. The van der Waals surface area contributed by atoms with E-state index in [4.69, 9.17) is 4.74 Å². The molecule has 0 unspecified atom stereocenters. The second-order valence-electron chi connectivity index (χ2n) is 12.3. The molecule has 3 fully saturated rings. The average molecular weight is 540 g/mol. The van der Waals surface area contributed by atoms with Gasteiger partial charge in [-0.25, -0.2) is 4.79 Å². The molecule has 3 aliphatic heterocycles. The normalized spacial score (nSPS) is 20.6. The van der Waals surface area contributed by atoms with Gasteiger partial charge in [-0.1, -0.05) is 25.3 Å². The third-order valence-corrected chi connectivity index (χ3v) is 9.78. The zero-order valence-corrected chi connectivity index (χ0v) is 23.4. The van der Waals surface area contributed by atoms with Gasteiger partial charge in [0.05, 0.1) is 30.5 Å². The highest BCUT2D eigenvalue weighted by Crippen LogP contribution is 2.47. The van der Waals surface area contributed by atoms with E-state index in [0.717, 1.165) is 84.4 Å². The number of carboxylic acids is 1. The molecular formula is C33H37N3O4. The average Bonchev–Trinajstić information content (AvgIpc) is 3.47. The predicted molar refractivity (Wildman–Crippen MR) is 156 cm³/mol. The first-order chi connectivity index (χ1) is 19.4. The standard InChI is InChI=1S/C33H37N3O4/c1-34-19-33(20-34)13-6-14-36(33)31(37)24-15-23-16-25(40-2)10-12-26(23)30-29(21-7-4-3-5-8-21)27-11-9-22(32(38)39)17-28(27)35(30)18-24/h9-12,15-17,21H,3-8,13-14,18-20H2,1-2H3,(H,38,39). The maximum Gasteiger partial charge on any atom is 0.335 e. The van der Waals surface area contributed by atoms with Crippen molar-refractivity contribution in [2.45, 2.75) is 62.9 Å². The van der Waals surface area contributed by atoms with Crippen LogP contribution in [0.3, 0.4) is 0 Å². The maximum atomic E-state index is 14.4. The smallest absolute Gasteiger partial charge is 0.335 e. The molecule has 40 heavy (non-hydrogen) atoms. The molecule has 1 spiro atoms. The third-order valence-electron chi connectivity index (χ3n) is 9.78. The van der Waals surface area contributed by atoms with Crippen molar-refractivity contribution in [1.29, 1.82) is 0 Å². The van der Waals surface area contributed by atoms with Crippen LogP contribution in [-0.2, 0) is 11.3 Å². The number of likely N-dealkylation sites (N-methyl/N-ethyl adjacent to an activating group) is 1. The van der Waals surface area contributed by atoms with Gasteiger partial charge in [0.15, 0.2) is 0 Å². The molecule has 7 heteroatoms. The first-order valence-electron chi connectivity index (χ1n) is 14.7. The third kappa shape index (κ3) is 3.89. The lowest BCUT2D eigenvalue weighted by Crippen LogP contribution is -2.67. The summed E-state index contributed by atoms with van der Waals surface area (Å²) in [6.07, 6.45) is 10.1. The highest BCUT2D eigenvalue weighted by atomic mass is 16.5. The van der Waals surface area contributed by atoms with Crippen molar-refractivity contribution in [2.75, 3.05) is 33.8 Å². The highest BCUT2D eigenvalue weighted by Gasteiger charge is 2.51. The first-order valence-corrected chi connectivity index (χ1v) is 14.7. The summed E-state index contributed by atoms with van der Waals surface area (Å²) in [6.45, 7) is 3.04. The van der Waals surface area contributed by atoms with Crippen molar-refractivity contribution in [1.82, 2.24) is 14.4 Å². The zero-order chi connectivity index (χ0) is 27.6. The summed E-state index contributed by atoms with van der Waals surface area (Å²) in [7, 11) is 3.79. The van der Waals surface area contributed by atoms with E-state index in [1.807, 2.05) is 24.3 Å². The number of hydrogen-bond acceptors (Lipinski definition) is 4. The van der Waals surface area contributed by atoms with Crippen LogP contribution >= 0.6 is 0 Å². The molecule has 4 aliphatic rings. The number of carbonyl (C=O) groups excluding carboxylic acids is 1. The second-order valence-corrected chi connectivity index (χ2v) is 12.3. The van der Waals surface area contributed by atoms with Crippen LogP contribution in [0.25, 0.3) is 28.2 Å². The number of aromatic carboxylic acids is 1. The van der Waals surface area contributed by atoms with E-state index >= 15 is 0 Å². The number of methoxy groups -OCH3 is 1. The van der Waals surface area contributed by atoms with Gasteiger partial charge in [-0.3, -0.25) is 4.79 Å². The van der Waals surface area contributed by atoms with Crippen LogP contribution in [0, 0.1) is 0 Å². The Kier molecular flexibility index (Phi) is 6.04. The van der Waals surface area contributed by atoms with Crippen LogP contribution in [-0.4, -0.2) is 70.7 Å². The number of benzene rings is 2. The molecule has 0 radical (unpaired) electrons. The minimum atomic E-state index is -0.935. The van der Waals surface area contributed by atoms with Crippen LogP contribution in [0.1, 0.15) is 72.3 Å². The van der Waals surface area contributed by atoms with E-state index in [-0.39, 0.29) is 17.0 Å². The largest absolute Gasteiger partial charge is 0.497 e. The van der Waals surface area contributed by atoms with Crippen molar-refractivity contribution < 1.29 is 19.4 Å². The van der Waals surface area contributed by atoms with Crippen LogP contribution < -0.4 is 4.74 Å². The summed E-state index contributed by atoms with van der Waals surface area (Å²) < 4.78 is 7.86. The molecule has 1 saturated carbocycles. The summed E-state index contributed by atoms with van der Waals surface area (Å²) in [4.78, 5) is 30.8. The van der Waals surface area contributed by atoms with Crippen molar-refractivity contribution in [3.05, 3.63) is 58.7 Å². The Bertz CT molecular complexity index is 1560. The van der Waals surface area contributed by atoms with E-state index in [2.05, 4.69) is 33.6 Å². The minimum Gasteiger partial charge on any atom is -0.497 e. The fourth-order valence-corrected chi connectivity index (χ4v) is 8.02. The van der Waals surface area contributed by atoms with E-state index in [1.54, 1.807) is 13.2 Å². The number of nitrogens with zero attached hydrogens (tertiary/aromatic N) is 3. The summed E-state index contributed by atoms with van der Waals surface area (Å²) in [5.41, 5.74) is 6.35. The lowest BCUT2D eigenvalue weighted by Gasteiger charge is -2.51. The number of aromatic nitrogens is 1. The Morgan fingerprint density at radius 1 is 1.02 bits per heavy atom. The van der Waals surface area contributed by atoms with Gasteiger partial charge in [0.2, 0.25) is 0 Å². The number of likely N-dealkylation sites (tertiary alicyclic amines) is 2. The van der Waals surface area contributed by atoms with Crippen molar-refractivity contribution >= 4 is 28.9 Å². The van der Waals surface area contributed by atoms with Gasteiger partial charge in [-0.15, -0.1) is 0 Å². The van der Waals surface area contributed by atoms with Crippen LogP contribution in [0.5, 0.6) is 5.75 Å². The highest BCUT2D eigenvalue weighted by molar-refractivity contribution is 6.04. The number of ether oxygens (including phenoxy) is 1. The minimum absolute atomic E-state index is 0.0680. The molecule has 3 aromatic rings. The lowest BCUT2D eigenvalue weighted by atomic mass is 9.81. The quantitative estimate of drug-likeness (QED) is 0.456. The van der Waals surface area contributed by atoms with E-state index in [9.17, 15) is 14.7 Å². The Labute approximate surface area is 235 Å². The van der Waals surface area contributed by atoms with Crippen LogP contribution in [0.15, 0.2) is 42.0 Å². The SMILES string of the molecule is COc1ccc2c(c1)C=C(C(=O)N1CCCC13CN(C)C3)Cn1c-2c(C2CCCCC2)c2ccc(C(=O)O)cc21. The Morgan fingerprint density at radius 3 is 2.55 bits per heavy atom. The summed E-state index contributed by atoms with van der Waals surface area (Å²) in [5.74, 6) is 0.331. The summed E-state index contributed by atoms with van der Waals surface area (Å²) in [5, 5.41) is 11.0. The van der Waals surface area contributed by atoms with E-state index in [1.165, 1.54) is 24.8 Å². The van der Waals surface area contributed by atoms with Gasteiger partial charge in [-0.05, 0) is 86.2 Å². The fraction of sp³-hybridized carbons (Fsp3) is 0.455. The first kappa shape index (κ1) is 25.4. The number of hydrogen-bond donors (Lipinski definition) is 1. The molecule has 208 valence electrons. The van der Waals surface area contributed by atoms with Gasteiger partial charge in [0.25, 0.3) is 5.91 Å². The topological polar surface area (TPSA) is 75.0 Å². The lowest BCUT2D eigenvalue weighted by molar-refractivity contribution is -0.137. The molecule has 7 rings (SSSR count). The number of fused-ring (bicyclic) bond motifs is 5. The molecule has 1 amide bonds. The van der Waals surface area contributed by atoms with Gasteiger partial charge >= 0.3 is 5.97 Å². The molecule has 7 nitrogen and oxygen atoms in total. The molecule has 2 aromatic carbocycles. The van der Waals surface area contributed by atoms with Gasteiger partial charge in [0.1, 0.15) is 5.75 Å². The Morgan fingerprint density at radius 2 is 1.82 bits per heavy atom. The summed E-state index contributed by atoms with van der Waals surface area (Å²) >= 11 is 0. The monoisotopic (exact) mass is 539 g/mol. The van der Waals surface area contributed by atoms with E-state index in [0.29, 0.717) is 12.5 Å². The Balaban J connectivity index is 1.44. The van der Waals surface area contributed by atoms with Crippen LogP contribution in [0.2, 0.25) is 0 Å². The second kappa shape index (κ2) is 9.51. The zero-order valence-electron chi connectivity index (χ0n) is 23.4. The van der Waals surface area contributed by atoms with E-state index < -0.39 is 5.97 Å². The summed E-state index contributed by atoms with van der Waals surface area (Å²) in [6, 6.07) is 11.7. The number of carboxylic acid groups (broad SMARTS) is 1. The van der Waals surface area contributed by atoms with Gasteiger partial charge in [-0.2, -0.15) is 0 Å². The van der Waals surface area contributed by atoms with Crippen molar-refractivity contribution in [3.8, 4) is 17.0 Å². The van der Waals surface area contributed by atoms with Crippen LogP contribution in [0.4, 0.5) is 0 Å². The van der Waals surface area contributed by atoms with Gasteiger partial charge in [0, 0.05) is 41.7 Å². The van der Waals surface area contributed by atoms with Gasteiger partial charge < -0.3 is 24.2 Å². The molecule has 1 N–H and O–H groups in total.